The molecule has 0 aliphatic carbocycles. The molecule has 0 radical (unpaired) electrons. The number of rotatable bonds is 11. The number of hydrogen-bond acceptors (Lipinski definition) is 4. The Bertz CT molecular complexity index is 771. The summed E-state index contributed by atoms with van der Waals surface area (Å²) < 4.78 is 29.1. The molecule has 0 fully saturated rings. The molecule has 2 amide bonds. The van der Waals surface area contributed by atoms with Crippen molar-refractivity contribution in [2.75, 3.05) is 19.6 Å². The number of halogens is 2. The summed E-state index contributed by atoms with van der Waals surface area (Å²) in [4.78, 5) is 23.7. The van der Waals surface area contributed by atoms with Crippen LogP contribution in [-0.4, -0.2) is 38.1 Å². The predicted molar refractivity (Wildman–Crippen MR) is 106 cm³/mol. The van der Waals surface area contributed by atoms with Crippen LogP contribution >= 0.6 is 0 Å². The maximum atomic E-state index is 12.3. The van der Waals surface area contributed by atoms with Crippen molar-refractivity contribution in [3.8, 4) is 5.75 Å². The minimum Gasteiger partial charge on any atom is -0.435 e. The van der Waals surface area contributed by atoms with Gasteiger partial charge in [0.05, 0.1) is 19.1 Å². The van der Waals surface area contributed by atoms with Gasteiger partial charge in [-0.3, -0.25) is 14.9 Å². The van der Waals surface area contributed by atoms with Crippen molar-refractivity contribution in [2.24, 2.45) is 0 Å². The SMILES string of the molecule is CCCNC(=O)CNC(=O)CN[C@@H](c1ccccc1)c1ccc(OC(F)F)cc1. The smallest absolute Gasteiger partial charge is 0.387 e. The molecule has 0 saturated carbocycles. The van der Waals surface area contributed by atoms with Crippen molar-refractivity contribution in [1.29, 1.82) is 0 Å². The number of carbonyl (C=O) groups is 2. The van der Waals surface area contributed by atoms with E-state index in [1.165, 1.54) is 12.1 Å². The Morgan fingerprint density at radius 3 is 2.14 bits per heavy atom. The second kappa shape index (κ2) is 11.8. The van der Waals surface area contributed by atoms with Gasteiger partial charge < -0.3 is 15.4 Å². The molecule has 0 bridgehead atoms. The first-order chi connectivity index (χ1) is 14.0. The van der Waals surface area contributed by atoms with Crippen molar-refractivity contribution < 1.29 is 23.1 Å². The van der Waals surface area contributed by atoms with E-state index in [0.29, 0.717) is 6.54 Å². The molecule has 2 rings (SSSR count). The fourth-order valence-corrected chi connectivity index (χ4v) is 2.68. The van der Waals surface area contributed by atoms with Crippen molar-refractivity contribution >= 4 is 11.8 Å². The average molecular weight is 405 g/mol. The van der Waals surface area contributed by atoms with Crippen LogP contribution in [0.1, 0.15) is 30.5 Å². The number of nitrogens with one attached hydrogen (secondary N) is 3. The average Bonchev–Trinajstić information content (AvgIpc) is 2.72. The summed E-state index contributed by atoms with van der Waals surface area (Å²) in [5.41, 5.74) is 1.69. The molecule has 6 nitrogen and oxygen atoms in total. The normalized spacial score (nSPS) is 11.7. The lowest BCUT2D eigenvalue weighted by molar-refractivity contribution is -0.125. The van der Waals surface area contributed by atoms with Crippen LogP contribution in [0.5, 0.6) is 5.75 Å². The first kappa shape index (κ1) is 22.3. The summed E-state index contributed by atoms with van der Waals surface area (Å²) >= 11 is 0. The Balaban J connectivity index is 2.00. The number of ether oxygens (including phenoxy) is 1. The number of alkyl halides is 2. The largest absolute Gasteiger partial charge is 0.435 e. The van der Waals surface area contributed by atoms with Crippen molar-refractivity contribution in [2.45, 2.75) is 26.0 Å². The molecule has 0 aliphatic heterocycles. The highest BCUT2D eigenvalue weighted by Gasteiger charge is 2.16. The van der Waals surface area contributed by atoms with Gasteiger partial charge in [0.2, 0.25) is 11.8 Å². The third-order valence-electron chi connectivity index (χ3n) is 4.06. The molecule has 8 heteroatoms. The zero-order valence-corrected chi connectivity index (χ0v) is 16.2. The summed E-state index contributed by atoms with van der Waals surface area (Å²) in [5, 5.41) is 8.39. The van der Waals surface area contributed by atoms with Crippen LogP contribution in [0.4, 0.5) is 8.78 Å². The highest BCUT2D eigenvalue weighted by atomic mass is 19.3. The molecule has 1 atom stereocenters. The second-order valence-electron chi connectivity index (χ2n) is 6.30. The van der Waals surface area contributed by atoms with E-state index in [9.17, 15) is 18.4 Å². The number of amides is 2. The zero-order valence-electron chi connectivity index (χ0n) is 16.2. The summed E-state index contributed by atoms with van der Waals surface area (Å²) in [6.45, 7) is -0.485. The monoisotopic (exact) mass is 405 g/mol. The standard InChI is InChI=1S/C21H25F2N3O3/c1-2-12-24-18(27)13-25-19(28)14-26-20(15-6-4-3-5-7-15)16-8-10-17(11-9-16)29-21(22)23/h3-11,20-21,26H,2,12-14H2,1H3,(H,24,27)(H,25,28)/t20-/m0/s1. The Morgan fingerprint density at radius 1 is 0.897 bits per heavy atom. The van der Waals surface area contributed by atoms with E-state index in [2.05, 4.69) is 20.7 Å². The van der Waals surface area contributed by atoms with Crippen LogP contribution in [0.3, 0.4) is 0 Å². The van der Waals surface area contributed by atoms with Crippen molar-refractivity contribution in [3.63, 3.8) is 0 Å². The molecular weight excluding hydrogens is 380 g/mol. The van der Waals surface area contributed by atoms with Crippen LogP contribution in [-0.2, 0) is 9.59 Å². The fraction of sp³-hybridized carbons (Fsp3) is 0.333. The fourth-order valence-electron chi connectivity index (χ4n) is 2.68. The maximum absolute atomic E-state index is 12.3. The summed E-state index contributed by atoms with van der Waals surface area (Å²) in [7, 11) is 0. The van der Waals surface area contributed by atoms with Gasteiger partial charge in [0.25, 0.3) is 0 Å². The summed E-state index contributed by atoms with van der Waals surface area (Å²) in [5.74, 6) is -0.504. The molecule has 2 aromatic rings. The van der Waals surface area contributed by atoms with Crippen molar-refractivity contribution in [3.05, 3.63) is 65.7 Å². The third-order valence-corrected chi connectivity index (χ3v) is 4.06. The van der Waals surface area contributed by atoms with E-state index in [1.54, 1.807) is 12.1 Å². The lowest BCUT2D eigenvalue weighted by Gasteiger charge is -2.20. The summed E-state index contributed by atoms with van der Waals surface area (Å²) in [6, 6.07) is 15.3. The van der Waals surface area contributed by atoms with Gasteiger partial charge in [0.15, 0.2) is 0 Å². The van der Waals surface area contributed by atoms with Crippen LogP contribution in [0.15, 0.2) is 54.6 Å². The van der Waals surface area contributed by atoms with Gasteiger partial charge in [-0.2, -0.15) is 8.78 Å². The van der Waals surface area contributed by atoms with E-state index >= 15 is 0 Å². The Morgan fingerprint density at radius 2 is 1.52 bits per heavy atom. The number of hydrogen-bond donors (Lipinski definition) is 3. The lowest BCUT2D eigenvalue weighted by Crippen LogP contribution is -2.41. The van der Waals surface area contributed by atoms with E-state index in [1.807, 2.05) is 37.3 Å². The minimum absolute atomic E-state index is 0.0180. The molecule has 29 heavy (non-hydrogen) atoms. The van der Waals surface area contributed by atoms with Crippen molar-refractivity contribution in [1.82, 2.24) is 16.0 Å². The molecule has 0 aromatic heterocycles. The van der Waals surface area contributed by atoms with E-state index in [4.69, 9.17) is 0 Å². The molecule has 0 saturated heterocycles. The number of carbonyl (C=O) groups excluding carboxylic acids is 2. The molecule has 0 unspecified atom stereocenters. The molecular formula is C21H25F2N3O3. The van der Waals surface area contributed by atoms with E-state index < -0.39 is 6.61 Å². The first-order valence-electron chi connectivity index (χ1n) is 9.36. The first-order valence-corrected chi connectivity index (χ1v) is 9.36. The maximum Gasteiger partial charge on any atom is 0.387 e. The second-order valence-corrected chi connectivity index (χ2v) is 6.30. The van der Waals surface area contributed by atoms with Gasteiger partial charge in [-0.15, -0.1) is 0 Å². The lowest BCUT2D eigenvalue weighted by atomic mass is 9.98. The highest BCUT2D eigenvalue weighted by molar-refractivity contribution is 5.85. The molecule has 3 N–H and O–H groups in total. The minimum atomic E-state index is -2.89. The molecule has 0 aliphatic rings. The molecule has 156 valence electrons. The Labute approximate surface area is 168 Å². The zero-order chi connectivity index (χ0) is 21.1. The van der Waals surface area contributed by atoms with Crippen LogP contribution in [0.2, 0.25) is 0 Å². The van der Waals surface area contributed by atoms with Gasteiger partial charge >= 0.3 is 6.61 Å². The molecule has 0 spiro atoms. The predicted octanol–water partition coefficient (Wildman–Crippen LogP) is 2.61. The van der Waals surface area contributed by atoms with Crippen LogP contribution < -0.4 is 20.7 Å². The topological polar surface area (TPSA) is 79.5 Å². The Hall–Kier alpha value is -3.00. The van der Waals surface area contributed by atoms with Gasteiger partial charge in [0.1, 0.15) is 5.75 Å². The highest BCUT2D eigenvalue weighted by Crippen LogP contribution is 2.24. The van der Waals surface area contributed by atoms with Crippen LogP contribution in [0.25, 0.3) is 0 Å². The van der Waals surface area contributed by atoms with E-state index in [0.717, 1.165) is 17.5 Å². The Kier molecular flexibility index (Phi) is 9.04. The third kappa shape index (κ3) is 7.87. The quantitative estimate of drug-likeness (QED) is 0.537. The van der Waals surface area contributed by atoms with Gasteiger partial charge in [0, 0.05) is 6.54 Å². The van der Waals surface area contributed by atoms with Crippen LogP contribution in [0, 0.1) is 0 Å². The van der Waals surface area contributed by atoms with Gasteiger partial charge in [-0.05, 0) is 29.7 Å². The van der Waals surface area contributed by atoms with E-state index in [-0.39, 0.29) is 36.7 Å². The van der Waals surface area contributed by atoms with Gasteiger partial charge in [-0.25, -0.2) is 0 Å². The summed E-state index contributed by atoms with van der Waals surface area (Å²) in [6.07, 6.45) is 0.821. The van der Waals surface area contributed by atoms with Gasteiger partial charge in [-0.1, -0.05) is 49.4 Å². The number of benzene rings is 2. The molecule has 2 aromatic carbocycles. The molecule has 0 heterocycles.